The Hall–Kier alpha value is -2.20. The molecule has 1 amide bonds. The van der Waals surface area contributed by atoms with Gasteiger partial charge in [0.05, 0.1) is 12.5 Å². The Morgan fingerprint density at radius 1 is 1.12 bits per heavy atom. The summed E-state index contributed by atoms with van der Waals surface area (Å²) in [5.74, 6) is -0.183. The van der Waals surface area contributed by atoms with Gasteiger partial charge in [-0.25, -0.2) is 4.39 Å². The van der Waals surface area contributed by atoms with E-state index < -0.39 is 6.10 Å². The van der Waals surface area contributed by atoms with Gasteiger partial charge in [-0.15, -0.1) is 0 Å². The normalized spacial score (nSPS) is 21.4. The number of carbonyl (C=O) groups is 1. The number of rotatable bonds is 5. The Bertz CT molecular complexity index is 672. The van der Waals surface area contributed by atoms with Gasteiger partial charge in [0.1, 0.15) is 5.82 Å². The zero-order chi connectivity index (χ0) is 16.9. The molecular weight excluding hydrogens is 305 g/mol. The number of hydrogen-bond acceptors (Lipinski definition) is 2. The van der Waals surface area contributed by atoms with Crippen LogP contribution in [-0.4, -0.2) is 17.1 Å². The van der Waals surface area contributed by atoms with E-state index in [1.807, 2.05) is 30.3 Å². The Morgan fingerprint density at radius 2 is 1.83 bits per heavy atom. The topological polar surface area (TPSA) is 49.3 Å². The van der Waals surface area contributed by atoms with Crippen molar-refractivity contribution in [2.24, 2.45) is 0 Å². The van der Waals surface area contributed by atoms with Crippen molar-refractivity contribution < 1.29 is 14.3 Å². The summed E-state index contributed by atoms with van der Waals surface area (Å²) in [6, 6.07) is 15.8. The van der Waals surface area contributed by atoms with Crippen LogP contribution in [0.2, 0.25) is 0 Å². The predicted molar refractivity (Wildman–Crippen MR) is 90.9 cm³/mol. The molecule has 3 unspecified atom stereocenters. The van der Waals surface area contributed by atoms with Gasteiger partial charge in [0.15, 0.2) is 0 Å². The van der Waals surface area contributed by atoms with Crippen molar-refractivity contribution in [3.8, 4) is 0 Å². The fourth-order valence-electron chi connectivity index (χ4n) is 3.48. The molecule has 1 fully saturated rings. The fourth-order valence-corrected chi connectivity index (χ4v) is 3.48. The number of amides is 1. The molecule has 3 atom stereocenters. The smallest absolute Gasteiger partial charge is 0.223 e. The maximum Gasteiger partial charge on any atom is 0.223 e. The monoisotopic (exact) mass is 327 g/mol. The zero-order valence-electron chi connectivity index (χ0n) is 13.5. The van der Waals surface area contributed by atoms with Crippen LogP contribution in [0, 0.1) is 5.82 Å². The van der Waals surface area contributed by atoms with Crippen molar-refractivity contribution in [2.75, 3.05) is 0 Å². The van der Waals surface area contributed by atoms with Crippen molar-refractivity contribution in [2.45, 2.75) is 43.7 Å². The van der Waals surface area contributed by atoms with Crippen LogP contribution in [-0.2, 0) is 4.79 Å². The van der Waals surface area contributed by atoms with Crippen LogP contribution in [0.5, 0.6) is 0 Å². The highest BCUT2D eigenvalue weighted by molar-refractivity contribution is 5.77. The molecule has 0 bridgehead atoms. The summed E-state index contributed by atoms with van der Waals surface area (Å²) < 4.78 is 13.1. The van der Waals surface area contributed by atoms with Gasteiger partial charge in [-0.05, 0) is 36.1 Å². The summed E-state index contributed by atoms with van der Waals surface area (Å²) in [5.41, 5.74) is 1.80. The quantitative estimate of drug-likeness (QED) is 0.880. The van der Waals surface area contributed by atoms with Crippen LogP contribution >= 0.6 is 0 Å². The predicted octanol–water partition coefficient (Wildman–Crippen LogP) is 3.70. The van der Waals surface area contributed by atoms with Gasteiger partial charge in [-0.3, -0.25) is 4.79 Å². The third kappa shape index (κ3) is 4.01. The van der Waals surface area contributed by atoms with Crippen LogP contribution in [0.3, 0.4) is 0 Å². The second kappa shape index (κ2) is 7.58. The third-order valence-corrected chi connectivity index (χ3v) is 4.72. The molecule has 1 saturated carbocycles. The zero-order valence-corrected chi connectivity index (χ0v) is 13.5. The number of halogens is 1. The first-order valence-electron chi connectivity index (χ1n) is 8.41. The molecule has 4 heteroatoms. The van der Waals surface area contributed by atoms with Gasteiger partial charge < -0.3 is 10.4 Å². The largest absolute Gasteiger partial charge is 0.388 e. The molecule has 1 aliphatic carbocycles. The number of carbonyl (C=O) groups excluding carboxylic acids is 1. The summed E-state index contributed by atoms with van der Waals surface area (Å²) in [6.45, 7) is 0. The first-order valence-corrected chi connectivity index (χ1v) is 8.41. The van der Waals surface area contributed by atoms with E-state index in [0.717, 1.165) is 30.4 Å². The average molecular weight is 327 g/mol. The highest BCUT2D eigenvalue weighted by Crippen LogP contribution is 2.34. The molecule has 24 heavy (non-hydrogen) atoms. The second-order valence-electron chi connectivity index (χ2n) is 6.39. The summed E-state index contributed by atoms with van der Waals surface area (Å²) >= 11 is 0. The van der Waals surface area contributed by atoms with Gasteiger partial charge >= 0.3 is 0 Å². The maximum atomic E-state index is 13.1. The lowest BCUT2D eigenvalue weighted by Crippen LogP contribution is -2.37. The van der Waals surface area contributed by atoms with Crippen LogP contribution in [0.4, 0.5) is 4.39 Å². The van der Waals surface area contributed by atoms with Gasteiger partial charge in [0.2, 0.25) is 5.91 Å². The molecule has 2 aromatic carbocycles. The lowest BCUT2D eigenvalue weighted by Gasteiger charge is -2.22. The molecular formula is C20H22FNO2. The molecule has 1 aliphatic rings. The molecule has 2 N–H and O–H groups in total. The van der Waals surface area contributed by atoms with Crippen molar-refractivity contribution in [3.05, 3.63) is 71.5 Å². The number of benzene rings is 2. The second-order valence-corrected chi connectivity index (χ2v) is 6.39. The molecule has 126 valence electrons. The first-order chi connectivity index (χ1) is 11.6. The van der Waals surface area contributed by atoms with Crippen molar-refractivity contribution in [1.29, 1.82) is 0 Å². The first kappa shape index (κ1) is 16.7. The lowest BCUT2D eigenvalue weighted by molar-refractivity contribution is -0.123. The number of nitrogens with one attached hydrogen (secondary N) is 1. The van der Waals surface area contributed by atoms with Gasteiger partial charge in [-0.1, -0.05) is 48.9 Å². The standard InChI is InChI=1S/C20H22FNO2/c21-16-11-9-14(10-12-16)17-7-4-8-18(17)22-20(24)13-19(23)15-5-2-1-3-6-15/h1-3,5-6,9-12,17-19,23H,4,7-8,13H2,(H,22,24). The van der Waals surface area contributed by atoms with Crippen molar-refractivity contribution in [3.63, 3.8) is 0 Å². The Balaban J connectivity index is 1.60. The van der Waals surface area contributed by atoms with Crippen LogP contribution in [0.15, 0.2) is 54.6 Å². The Morgan fingerprint density at radius 3 is 2.54 bits per heavy atom. The van der Waals surface area contributed by atoms with Crippen molar-refractivity contribution >= 4 is 5.91 Å². The number of hydrogen-bond donors (Lipinski definition) is 2. The minimum Gasteiger partial charge on any atom is -0.388 e. The molecule has 3 nitrogen and oxygen atoms in total. The minimum atomic E-state index is -0.795. The summed E-state index contributed by atoms with van der Waals surface area (Å²) in [5, 5.41) is 13.2. The highest BCUT2D eigenvalue weighted by atomic mass is 19.1. The molecule has 3 rings (SSSR count). The fraction of sp³-hybridized carbons (Fsp3) is 0.350. The Labute approximate surface area is 141 Å². The van der Waals surface area contributed by atoms with E-state index in [-0.39, 0.29) is 30.1 Å². The van der Waals surface area contributed by atoms with Crippen LogP contribution in [0.25, 0.3) is 0 Å². The molecule has 0 aliphatic heterocycles. The van der Waals surface area contributed by atoms with E-state index in [1.54, 1.807) is 12.1 Å². The molecule has 0 heterocycles. The van der Waals surface area contributed by atoms with E-state index >= 15 is 0 Å². The van der Waals surface area contributed by atoms with E-state index in [2.05, 4.69) is 5.32 Å². The van der Waals surface area contributed by atoms with Crippen LogP contribution in [0.1, 0.15) is 48.8 Å². The lowest BCUT2D eigenvalue weighted by atomic mass is 9.94. The molecule has 0 aromatic heterocycles. The summed E-state index contributed by atoms with van der Waals surface area (Å²) in [7, 11) is 0. The summed E-state index contributed by atoms with van der Waals surface area (Å²) in [4.78, 5) is 12.3. The molecule has 2 aromatic rings. The Kier molecular flexibility index (Phi) is 5.26. The number of aliphatic hydroxyl groups excluding tert-OH is 1. The van der Waals surface area contributed by atoms with Gasteiger partial charge in [0.25, 0.3) is 0 Å². The molecule has 0 spiro atoms. The van der Waals surface area contributed by atoms with Gasteiger partial charge in [0, 0.05) is 12.0 Å². The van der Waals surface area contributed by atoms with Gasteiger partial charge in [-0.2, -0.15) is 0 Å². The maximum absolute atomic E-state index is 13.1. The number of aliphatic hydroxyl groups is 1. The molecule has 0 saturated heterocycles. The van der Waals surface area contributed by atoms with E-state index in [4.69, 9.17) is 0 Å². The van der Waals surface area contributed by atoms with E-state index in [0.29, 0.717) is 0 Å². The van der Waals surface area contributed by atoms with Crippen molar-refractivity contribution in [1.82, 2.24) is 5.32 Å². The average Bonchev–Trinajstić information content (AvgIpc) is 3.04. The minimum absolute atomic E-state index is 0.0472. The highest BCUT2D eigenvalue weighted by Gasteiger charge is 2.30. The van der Waals surface area contributed by atoms with E-state index in [1.165, 1.54) is 12.1 Å². The van der Waals surface area contributed by atoms with E-state index in [9.17, 15) is 14.3 Å². The summed E-state index contributed by atoms with van der Waals surface area (Å²) in [6.07, 6.45) is 2.19. The van der Waals surface area contributed by atoms with Crippen LogP contribution < -0.4 is 5.32 Å². The third-order valence-electron chi connectivity index (χ3n) is 4.72. The molecule has 0 radical (unpaired) electrons. The SMILES string of the molecule is O=C(CC(O)c1ccccc1)NC1CCCC1c1ccc(F)cc1.